The lowest BCUT2D eigenvalue weighted by Crippen LogP contribution is -2.42. The third-order valence-electron chi connectivity index (χ3n) is 3.50. The minimum absolute atomic E-state index is 0.521. The summed E-state index contributed by atoms with van der Waals surface area (Å²) in [5, 5.41) is 4.34. The van der Waals surface area contributed by atoms with E-state index in [4.69, 9.17) is 11.6 Å². The average Bonchev–Trinajstić information content (AvgIpc) is 2.29. The van der Waals surface area contributed by atoms with E-state index in [1.807, 2.05) is 18.2 Å². The first-order valence-corrected chi connectivity index (χ1v) is 7.15. The lowest BCUT2D eigenvalue weighted by molar-refractivity contribution is 0.190. The normalized spacial score (nSPS) is 25.9. The zero-order valence-electron chi connectivity index (χ0n) is 10.2. The molecule has 1 aliphatic rings. The summed E-state index contributed by atoms with van der Waals surface area (Å²) in [6, 6.07) is 7.09. The van der Waals surface area contributed by atoms with Crippen molar-refractivity contribution >= 4 is 33.2 Å². The zero-order valence-corrected chi connectivity index (χ0v) is 12.6. The fourth-order valence-electron chi connectivity index (χ4n) is 2.25. The fourth-order valence-corrected chi connectivity index (χ4v) is 2.78. The molecule has 2 nitrogen and oxygen atoms in total. The Morgan fingerprint density at radius 3 is 2.94 bits per heavy atom. The molecule has 94 valence electrons. The quantitative estimate of drug-likeness (QED) is 0.887. The highest BCUT2D eigenvalue weighted by atomic mass is 79.9. The maximum absolute atomic E-state index is 6.19. The van der Waals surface area contributed by atoms with E-state index in [1.165, 1.54) is 12.8 Å². The van der Waals surface area contributed by atoms with Crippen LogP contribution in [-0.4, -0.2) is 30.6 Å². The number of hydrogen-bond donors (Lipinski definition) is 1. The van der Waals surface area contributed by atoms with Gasteiger partial charge in [0.2, 0.25) is 0 Å². The average molecular weight is 318 g/mol. The van der Waals surface area contributed by atoms with Crippen molar-refractivity contribution in [3.05, 3.63) is 27.7 Å². The van der Waals surface area contributed by atoms with Gasteiger partial charge in [-0.1, -0.05) is 27.5 Å². The number of benzene rings is 1. The van der Waals surface area contributed by atoms with Crippen LogP contribution in [0.2, 0.25) is 5.02 Å². The summed E-state index contributed by atoms with van der Waals surface area (Å²) in [5.74, 6) is 0. The number of likely N-dealkylation sites (tertiary alicyclic amines) is 1. The predicted molar refractivity (Wildman–Crippen MR) is 77.9 cm³/mol. The second-order valence-corrected chi connectivity index (χ2v) is 6.14. The van der Waals surface area contributed by atoms with E-state index < -0.39 is 0 Å². The van der Waals surface area contributed by atoms with Gasteiger partial charge in [-0.15, -0.1) is 0 Å². The summed E-state index contributed by atoms with van der Waals surface area (Å²) in [6.07, 6.45) is 2.34. The summed E-state index contributed by atoms with van der Waals surface area (Å²) in [7, 11) is 2.19. The maximum Gasteiger partial charge on any atom is 0.0638 e. The van der Waals surface area contributed by atoms with Crippen LogP contribution in [0.1, 0.15) is 19.8 Å². The molecule has 0 aromatic heterocycles. The number of rotatable bonds is 2. The molecule has 0 saturated carbocycles. The van der Waals surface area contributed by atoms with Gasteiger partial charge >= 0.3 is 0 Å². The molecule has 4 heteroatoms. The molecule has 2 atom stereocenters. The molecule has 1 saturated heterocycles. The van der Waals surface area contributed by atoms with Gasteiger partial charge in [0.25, 0.3) is 0 Å². The molecule has 0 spiro atoms. The number of piperidine rings is 1. The third kappa shape index (κ3) is 3.36. The van der Waals surface area contributed by atoms with E-state index in [0.717, 1.165) is 21.7 Å². The molecule has 17 heavy (non-hydrogen) atoms. The first-order valence-electron chi connectivity index (χ1n) is 5.98. The largest absolute Gasteiger partial charge is 0.381 e. The summed E-state index contributed by atoms with van der Waals surface area (Å²) >= 11 is 9.66. The van der Waals surface area contributed by atoms with E-state index in [2.05, 4.69) is 40.1 Å². The Hall–Kier alpha value is -0.250. The van der Waals surface area contributed by atoms with Gasteiger partial charge in [-0.3, -0.25) is 0 Å². The monoisotopic (exact) mass is 316 g/mol. The Morgan fingerprint density at radius 1 is 1.47 bits per heavy atom. The minimum Gasteiger partial charge on any atom is -0.381 e. The lowest BCUT2D eigenvalue weighted by Gasteiger charge is -2.36. The molecular formula is C13H18BrClN2. The van der Waals surface area contributed by atoms with Crippen molar-refractivity contribution in [3.63, 3.8) is 0 Å². The van der Waals surface area contributed by atoms with Crippen LogP contribution in [0, 0.1) is 0 Å². The topological polar surface area (TPSA) is 15.3 Å². The number of nitrogens with one attached hydrogen (secondary N) is 1. The standard InChI is InChI=1S/C13H18BrClN2/c1-9-7-11(5-6-17(9)2)16-13-8-10(14)3-4-12(13)15/h3-4,8-9,11,16H,5-7H2,1-2H3. The van der Waals surface area contributed by atoms with Gasteiger partial charge in [0.15, 0.2) is 0 Å². The van der Waals surface area contributed by atoms with Crippen molar-refractivity contribution in [2.24, 2.45) is 0 Å². The molecule has 1 N–H and O–H groups in total. The summed E-state index contributed by atoms with van der Waals surface area (Å²) in [4.78, 5) is 2.40. The molecule has 1 heterocycles. The van der Waals surface area contributed by atoms with Crippen molar-refractivity contribution in [1.29, 1.82) is 0 Å². The van der Waals surface area contributed by atoms with Gasteiger partial charge in [-0.25, -0.2) is 0 Å². The van der Waals surface area contributed by atoms with Crippen LogP contribution >= 0.6 is 27.5 Å². The predicted octanol–water partition coefficient (Wildman–Crippen LogP) is 4.00. The Balaban J connectivity index is 2.03. The molecule has 1 aromatic carbocycles. The van der Waals surface area contributed by atoms with Crippen LogP contribution in [0.5, 0.6) is 0 Å². The second kappa shape index (κ2) is 5.59. The molecular weight excluding hydrogens is 300 g/mol. The van der Waals surface area contributed by atoms with Gasteiger partial charge < -0.3 is 10.2 Å². The van der Waals surface area contributed by atoms with Crippen molar-refractivity contribution in [2.45, 2.75) is 31.8 Å². The number of hydrogen-bond acceptors (Lipinski definition) is 2. The van der Waals surface area contributed by atoms with Crippen LogP contribution in [0.25, 0.3) is 0 Å². The first-order chi connectivity index (χ1) is 8.06. The SMILES string of the molecule is CC1CC(Nc2cc(Br)ccc2Cl)CCN1C. The minimum atomic E-state index is 0.521. The Bertz CT molecular complexity index is 397. The van der Waals surface area contributed by atoms with Crippen LogP contribution in [-0.2, 0) is 0 Å². The molecule has 2 unspecified atom stereocenters. The van der Waals surface area contributed by atoms with E-state index in [1.54, 1.807) is 0 Å². The molecule has 1 aromatic rings. The van der Waals surface area contributed by atoms with Crippen LogP contribution in [0.3, 0.4) is 0 Å². The van der Waals surface area contributed by atoms with Gasteiger partial charge in [0, 0.05) is 23.1 Å². The van der Waals surface area contributed by atoms with Crippen molar-refractivity contribution in [3.8, 4) is 0 Å². The Kier molecular flexibility index (Phi) is 4.34. The summed E-state index contributed by atoms with van der Waals surface area (Å²) < 4.78 is 1.06. The third-order valence-corrected chi connectivity index (χ3v) is 4.32. The maximum atomic E-state index is 6.19. The molecule has 0 aliphatic carbocycles. The molecule has 1 aliphatic heterocycles. The van der Waals surface area contributed by atoms with Crippen LogP contribution in [0.15, 0.2) is 22.7 Å². The lowest BCUT2D eigenvalue weighted by atomic mass is 9.99. The number of nitrogens with zero attached hydrogens (tertiary/aromatic N) is 1. The molecule has 1 fully saturated rings. The fraction of sp³-hybridized carbons (Fsp3) is 0.538. The highest BCUT2D eigenvalue weighted by molar-refractivity contribution is 9.10. The first kappa shape index (κ1) is 13.2. The van der Waals surface area contributed by atoms with Crippen LogP contribution < -0.4 is 5.32 Å². The van der Waals surface area contributed by atoms with Crippen molar-refractivity contribution < 1.29 is 0 Å². The van der Waals surface area contributed by atoms with E-state index >= 15 is 0 Å². The number of halogens is 2. The van der Waals surface area contributed by atoms with Gasteiger partial charge in [-0.05, 0) is 45.0 Å². The zero-order chi connectivity index (χ0) is 12.4. The highest BCUT2D eigenvalue weighted by Gasteiger charge is 2.22. The molecule has 2 rings (SSSR count). The highest BCUT2D eigenvalue weighted by Crippen LogP contribution is 2.28. The van der Waals surface area contributed by atoms with Gasteiger partial charge in [-0.2, -0.15) is 0 Å². The van der Waals surface area contributed by atoms with Crippen LogP contribution in [0.4, 0.5) is 5.69 Å². The Morgan fingerprint density at radius 2 is 2.24 bits per heavy atom. The van der Waals surface area contributed by atoms with Gasteiger partial charge in [0.05, 0.1) is 10.7 Å². The van der Waals surface area contributed by atoms with Gasteiger partial charge in [0.1, 0.15) is 0 Å². The molecule has 0 bridgehead atoms. The van der Waals surface area contributed by atoms with Crippen molar-refractivity contribution in [2.75, 3.05) is 18.9 Å². The molecule has 0 radical (unpaired) electrons. The summed E-state index contributed by atoms with van der Waals surface area (Å²) in [6.45, 7) is 3.42. The smallest absolute Gasteiger partial charge is 0.0638 e. The second-order valence-electron chi connectivity index (χ2n) is 4.82. The number of anilines is 1. The van der Waals surface area contributed by atoms with Crippen molar-refractivity contribution in [1.82, 2.24) is 4.90 Å². The summed E-state index contributed by atoms with van der Waals surface area (Å²) in [5.41, 5.74) is 1.03. The Labute approximate surface area is 116 Å². The van der Waals surface area contributed by atoms with E-state index in [0.29, 0.717) is 12.1 Å². The van der Waals surface area contributed by atoms with E-state index in [9.17, 15) is 0 Å². The van der Waals surface area contributed by atoms with E-state index in [-0.39, 0.29) is 0 Å². The molecule has 0 amide bonds.